The molecule has 0 aliphatic heterocycles. The van der Waals surface area contributed by atoms with Gasteiger partial charge in [-0.2, -0.15) is 5.26 Å². The van der Waals surface area contributed by atoms with Gasteiger partial charge in [0.25, 0.3) is 0 Å². The summed E-state index contributed by atoms with van der Waals surface area (Å²) >= 11 is 0. The molecule has 3 nitrogen and oxygen atoms in total. The average molecular weight is 218 g/mol. The average Bonchev–Trinajstić information content (AvgIpc) is 2.28. The molecular formula is C13H18N2O. The first-order valence-corrected chi connectivity index (χ1v) is 5.41. The molecule has 0 fully saturated rings. The molecule has 0 bridgehead atoms. The number of hydrogen-bond acceptors (Lipinski definition) is 3. The molecule has 86 valence electrons. The van der Waals surface area contributed by atoms with Gasteiger partial charge >= 0.3 is 0 Å². The van der Waals surface area contributed by atoms with E-state index in [1.807, 2.05) is 26.0 Å². The van der Waals surface area contributed by atoms with Crippen molar-refractivity contribution in [2.75, 3.05) is 6.61 Å². The molecule has 1 aromatic carbocycles. The molecule has 2 N–H and O–H groups in total. The number of nitriles is 1. The van der Waals surface area contributed by atoms with E-state index in [0.717, 1.165) is 16.9 Å². The van der Waals surface area contributed by atoms with E-state index < -0.39 is 6.04 Å². The van der Waals surface area contributed by atoms with E-state index >= 15 is 0 Å². The highest BCUT2D eigenvalue weighted by atomic mass is 16.5. The lowest BCUT2D eigenvalue weighted by Gasteiger charge is -2.14. The van der Waals surface area contributed by atoms with Crippen molar-refractivity contribution in [3.63, 3.8) is 0 Å². The van der Waals surface area contributed by atoms with Crippen LogP contribution in [0.3, 0.4) is 0 Å². The lowest BCUT2D eigenvalue weighted by Crippen LogP contribution is -2.20. The maximum atomic E-state index is 8.55. The molecule has 0 radical (unpaired) electrons. The summed E-state index contributed by atoms with van der Waals surface area (Å²) in [5, 5.41) is 8.55. The topological polar surface area (TPSA) is 59.0 Å². The number of aryl methyl sites for hydroxylation is 2. The molecule has 0 aliphatic carbocycles. The normalized spacial score (nSPS) is 11.9. The summed E-state index contributed by atoms with van der Waals surface area (Å²) in [6.07, 6.45) is 0.559. The minimum absolute atomic E-state index is 0.439. The van der Waals surface area contributed by atoms with Gasteiger partial charge in [0.15, 0.2) is 0 Å². The van der Waals surface area contributed by atoms with Gasteiger partial charge in [-0.3, -0.25) is 0 Å². The van der Waals surface area contributed by atoms with Gasteiger partial charge in [-0.15, -0.1) is 0 Å². The Labute approximate surface area is 96.8 Å². The molecule has 1 atom stereocenters. The summed E-state index contributed by atoms with van der Waals surface area (Å²) in [7, 11) is 0. The first-order chi connectivity index (χ1) is 7.56. The molecule has 0 aromatic heterocycles. The third kappa shape index (κ3) is 2.98. The molecule has 1 unspecified atom stereocenters. The number of nitrogens with zero attached hydrogens (tertiary/aromatic N) is 1. The molecule has 0 aliphatic rings. The molecule has 1 rings (SSSR count). The van der Waals surface area contributed by atoms with Crippen LogP contribution in [0.2, 0.25) is 0 Å². The van der Waals surface area contributed by atoms with Gasteiger partial charge in [0, 0.05) is 6.42 Å². The van der Waals surface area contributed by atoms with Crippen molar-refractivity contribution in [1.82, 2.24) is 0 Å². The third-order valence-electron chi connectivity index (χ3n) is 2.71. The van der Waals surface area contributed by atoms with E-state index in [2.05, 4.69) is 13.0 Å². The second kappa shape index (κ2) is 5.53. The number of nitrogens with two attached hydrogens (primary N) is 1. The van der Waals surface area contributed by atoms with E-state index in [9.17, 15) is 0 Å². The number of rotatable bonds is 4. The van der Waals surface area contributed by atoms with Gasteiger partial charge in [-0.05, 0) is 37.5 Å². The minimum atomic E-state index is -0.439. The Morgan fingerprint density at radius 1 is 1.31 bits per heavy atom. The Hall–Kier alpha value is -1.53. The van der Waals surface area contributed by atoms with Crippen LogP contribution < -0.4 is 10.5 Å². The number of hydrogen-bond donors (Lipinski definition) is 1. The fraction of sp³-hybridized carbons (Fsp3) is 0.462. The van der Waals surface area contributed by atoms with Crippen molar-refractivity contribution in [1.29, 1.82) is 5.26 Å². The van der Waals surface area contributed by atoms with Gasteiger partial charge in [0.05, 0.1) is 18.7 Å². The van der Waals surface area contributed by atoms with Crippen molar-refractivity contribution in [3.05, 3.63) is 28.8 Å². The van der Waals surface area contributed by atoms with Crippen LogP contribution in [0, 0.1) is 32.1 Å². The van der Waals surface area contributed by atoms with E-state index in [1.54, 1.807) is 0 Å². The Bertz CT molecular complexity index is 407. The van der Waals surface area contributed by atoms with Crippen LogP contribution in [0.5, 0.6) is 5.75 Å². The quantitative estimate of drug-likeness (QED) is 0.843. The Kier molecular flexibility index (Phi) is 4.33. The lowest BCUT2D eigenvalue weighted by molar-refractivity contribution is 0.302. The maximum Gasteiger partial charge on any atom is 0.125 e. The molecule has 0 spiro atoms. The number of benzene rings is 1. The first-order valence-electron chi connectivity index (χ1n) is 5.41. The van der Waals surface area contributed by atoms with Crippen LogP contribution in [0.15, 0.2) is 12.1 Å². The predicted molar refractivity (Wildman–Crippen MR) is 64.4 cm³/mol. The Balaban J connectivity index is 2.67. The molecule has 0 saturated carbocycles. The molecule has 0 heterocycles. The highest BCUT2D eigenvalue weighted by molar-refractivity contribution is 5.44. The molecule has 3 heteroatoms. The van der Waals surface area contributed by atoms with Crippen LogP contribution in [-0.2, 0) is 0 Å². The summed E-state index contributed by atoms with van der Waals surface area (Å²) in [5.74, 6) is 0.921. The highest BCUT2D eigenvalue weighted by Gasteiger charge is 2.07. The van der Waals surface area contributed by atoms with Crippen LogP contribution in [0.4, 0.5) is 0 Å². The lowest BCUT2D eigenvalue weighted by atomic mass is 10.1. The summed E-state index contributed by atoms with van der Waals surface area (Å²) in [5.41, 5.74) is 8.99. The SMILES string of the molecule is Cc1ccc(C)c(OCCC(N)C#N)c1C. The van der Waals surface area contributed by atoms with Crippen LogP contribution in [0.1, 0.15) is 23.1 Å². The van der Waals surface area contributed by atoms with Crippen molar-refractivity contribution in [3.8, 4) is 11.8 Å². The van der Waals surface area contributed by atoms with Gasteiger partial charge in [-0.25, -0.2) is 0 Å². The zero-order valence-corrected chi connectivity index (χ0v) is 10.1. The zero-order valence-electron chi connectivity index (χ0n) is 10.1. The Morgan fingerprint density at radius 2 is 1.94 bits per heavy atom. The van der Waals surface area contributed by atoms with Gasteiger partial charge < -0.3 is 10.5 Å². The molecule has 1 aromatic rings. The van der Waals surface area contributed by atoms with Gasteiger partial charge in [0.1, 0.15) is 5.75 Å². The summed E-state index contributed by atoms with van der Waals surface area (Å²) in [4.78, 5) is 0. The fourth-order valence-corrected chi connectivity index (χ4v) is 1.50. The second-order valence-electron chi connectivity index (χ2n) is 4.03. The van der Waals surface area contributed by atoms with E-state index in [0.29, 0.717) is 13.0 Å². The molecular weight excluding hydrogens is 200 g/mol. The highest BCUT2D eigenvalue weighted by Crippen LogP contribution is 2.25. The standard InChI is InChI=1S/C13H18N2O/c1-9-4-5-10(2)13(11(9)3)16-7-6-12(15)8-14/h4-5,12H,6-7,15H2,1-3H3. The molecule has 0 amide bonds. The summed E-state index contributed by atoms with van der Waals surface area (Å²) < 4.78 is 5.69. The van der Waals surface area contributed by atoms with Crippen molar-refractivity contribution >= 4 is 0 Å². The zero-order chi connectivity index (χ0) is 12.1. The fourth-order valence-electron chi connectivity index (χ4n) is 1.50. The monoisotopic (exact) mass is 218 g/mol. The minimum Gasteiger partial charge on any atom is -0.493 e. The second-order valence-corrected chi connectivity index (χ2v) is 4.03. The summed E-state index contributed by atoms with van der Waals surface area (Å²) in [6, 6.07) is 5.68. The van der Waals surface area contributed by atoms with Crippen molar-refractivity contribution in [2.45, 2.75) is 33.2 Å². The Morgan fingerprint density at radius 3 is 2.56 bits per heavy atom. The molecule has 0 saturated heterocycles. The van der Waals surface area contributed by atoms with Crippen molar-refractivity contribution < 1.29 is 4.74 Å². The van der Waals surface area contributed by atoms with E-state index in [-0.39, 0.29) is 0 Å². The van der Waals surface area contributed by atoms with Gasteiger partial charge in [0.2, 0.25) is 0 Å². The maximum absolute atomic E-state index is 8.55. The van der Waals surface area contributed by atoms with Gasteiger partial charge in [-0.1, -0.05) is 12.1 Å². The van der Waals surface area contributed by atoms with Crippen LogP contribution >= 0.6 is 0 Å². The van der Waals surface area contributed by atoms with Crippen LogP contribution in [0.25, 0.3) is 0 Å². The summed E-state index contributed by atoms with van der Waals surface area (Å²) in [6.45, 7) is 6.61. The van der Waals surface area contributed by atoms with Crippen molar-refractivity contribution in [2.24, 2.45) is 5.73 Å². The number of ether oxygens (including phenoxy) is 1. The first kappa shape index (κ1) is 12.5. The largest absolute Gasteiger partial charge is 0.493 e. The van der Waals surface area contributed by atoms with Crippen LogP contribution in [-0.4, -0.2) is 12.6 Å². The smallest absolute Gasteiger partial charge is 0.125 e. The third-order valence-corrected chi connectivity index (χ3v) is 2.71. The van der Waals surface area contributed by atoms with E-state index in [4.69, 9.17) is 15.7 Å². The van der Waals surface area contributed by atoms with E-state index in [1.165, 1.54) is 5.56 Å². The predicted octanol–water partition coefficient (Wildman–Crippen LogP) is 2.23. The molecule has 16 heavy (non-hydrogen) atoms.